The largest absolute Gasteiger partial charge is 0.503 e. The van der Waals surface area contributed by atoms with Crippen LogP contribution in [0.2, 0.25) is 0 Å². The smallest absolute Gasteiger partial charge is 0.296 e. The van der Waals surface area contributed by atoms with Gasteiger partial charge in [0.2, 0.25) is 0 Å². The predicted molar refractivity (Wildman–Crippen MR) is 112 cm³/mol. The van der Waals surface area contributed by atoms with Crippen molar-refractivity contribution in [1.29, 1.82) is 0 Å². The van der Waals surface area contributed by atoms with Crippen molar-refractivity contribution in [1.82, 2.24) is 9.97 Å². The average molecular weight is 437 g/mol. The monoisotopic (exact) mass is 437 g/mol. The minimum absolute atomic E-state index is 0.0307. The third kappa shape index (κ3) is 2.90. The molecule has 3 aromatic heterocycles. The van der Waals surface area contributed by atoms with Crippen LogP contribution in [-0.2, 0) is 4.79 Å². The molecule has 0 saturated heterocycles. The van der Waals surface area contributed by atoms with E-state index in [0.717, 1.165) is 11.3 Å². The molecule has 30 heavy (non-hydrogen) atoms. The number of thiazole rings is 1. The van der Waals surface area contributed by atoms with Crippen LogP contribution in [0.15, 0.2) is 70.9 Å². The Morgan fingerprint density at radius 1 is 1.23 bits per heavy atom. The number of rotatable bonds is 4. The van der Waals surface area contributed by atoms with Gasteiger partial charge in [-0.25, -0.2) is 9.37 Å². The first kappa shape index (κ1) is 18.6. The number of pyridine rings is 1. The van der Waals surface area contributed by atoms with Crippen molar-refractivity contribution in [3.63, 3.8) is 0 Å². The molecule has 0 aliphatic carbocycles. The van der Waals surface area contributed by atoms with Crippen molar-refractivity contribution in [2.75, 3.05) is 4.90 Å². The fourth-order valence-electron chi connectivity index (χ4n) is 3.42. The van der Waals surface area contributed by atoms with Gasteiger partial charge in [-0.15, -0.1) is 0 Å². The van der Waals surface area contributed by atoms with Crippen molar-refractivity contribution in [2.24, 2.45) is 0 Å². The molecule has 1 unspecified atom stereocenters. The topological polar surface area (TPSA) is 83.4 Å². The van der Waals surface area contributed by atoms with E-state index in [0.29, 0.717) is 15.8 Å². The van der Waals surface area contributed by atoms with E-state index in [2.05, 4.69) is 9.97 Å². The molecule has 148 valence electrons. The Morgan fingerprint density at radius 3 is 2.83 bits per heavy atom. The van der Waals surface area contributed by atoms with Gasteiger partial charge in [-0.05, 0) is 52.7 Å². The molecule has 0 radical (unpaired) electrons. The Kier molecular flexibility index (Phi) is 4.41. The number of hydrogen-bond acceptors (Lipinski definition) is 7. The average Bonchev–Trinajstić information content (AvgIpc) is 3.47. The van der Waals surface area contributed by atoms with Gasteiger partial charge in [0.25, 0.3) is 5.91 Å². The molecule has 5 rings (SSSR count). The van der Waals surface area contributed by atoms with Gasteiger partial charge >= 0.3 is 0 Å². The summed E-state index contributed by atoms with van der Waals surface area (Å²) in [5, 5.41) is 14.6. The lowest BCUT2D eigenvalue weighted by Gasteiger charge is -2.23. The van der Waals surface area contributed by atoms with Gasteiger partial charge in [0.1, 0.15) is 5.82 Å². The molecule has 1 amide bonds. The first-order valence-electron chi connectivity index (χ1n) is 8.84. The van der Waals surface area contributed by atoms with Crippen LogP contribution in [0.5, 0.6) is 0 Å². The summed E-state index contributed by atoms with van der Waals surface area (Å²) in [6.45, 7) is 0. The van der Waals surface area contributed by atoms with Crippen molar-refractivity contribution < 1.29 is 19.1 Å². The summed E-state index contributed by atoms with van der Waals surface area (Å²) < 4.78 is 14.2. The Bertz CT molecular complexity index is 1320. The standard InChI is InChI=1S/C21H12FN3O3S2/c22-13-3-4-14-15(8-13)30-21(24-14)25-17(12-5-7-29-10-12)16(19(27)20(25)28)18(26)11-2-1-6-23-9-11/h1-10,17,27H. The fourth-order valence-corrected chi connectivity index (χ4v) is 5.12. The van der Waals surface area contributed by atoms with Crippen LogP contribution in [0.4, 0.5) is 9.52 Å². The predicted octanol–water partition coefficient (Wildman–Crippen LogP) is 4.67. The summed E-state index contributed by atoms with van der Waals surface area (Å²) in [6, 6.07) is 8.29. The first-order chi connectivity index (χ1) is 14.5. The number of anilines is 1. The van der Waals surface area contributed by atoms with E-state index in [9.17, 15) is 19.1 Å². The molecule has 4 heterocycles. The van der Waals surface area contributed by atoms with Gasteiger partial charge in [0.05, 0.1) is 21.8 Å². The first-order valence-corrected chi connectivity index (χ1v) is 10.6. The minimum atomic E-state index is -0.845. The number of halogens is 1. The van der Waals surface area contributed by atoms with Crippen molar-refractivity contribution in [2.45, 2.75) is 6.04 Å². The molecule has 0 bridgehead atoms. The third-order valence-electron chi connectivity index (χ3n) is 4.78. The molecule has 6 nitrogen and oxygen atoms in total. The van der Waals surface area contributed by atoms with E-state index < -0.39 is 29.3 Å². The SMILES string of the molecule is O=C(C1=C(O)C(=O)N(c2nc3ccc(F)cc3s2)C1c1ccsc1)c1cccnc1. The lowest BCUT2D eigenvalue weighted by atomic mass is 9.95. The van der Waals surface area contributed by atoms with Crippen LogP contribution in [0.25, 0.3) is 10.2 Å². The molecule has 0 spiro atoms. The number of aromatic nitrogens is 2. The maximum Gasteiger partial charge on any atom is 0.296 e. The van der Waals surface area contributed by atoms with Crippen LogP contribution in [0.1, 0.15) is 22.0 Å². The lowest BCUT2D eigenvalue weighted by molar-refractivity contribution is -0.117. The van der Waals surface area contributed by atoms with E-state index in [-0.39, 0.29) is 16.3 Å². The number of nitrogens with zero attached hydrogens (tertiary/aromatic N) is 3. The molecule has 1 aliphatic heterocycles. The maximum absolute atomic E-state index is 13.6. The van der Waals surface area contributed by atoms with Gasteiger partial charge < -0.3 is 5.11 Å². The molecular formula is C21H12FN3O3S2. The third-order valence-corrected chi connectivity index (χ3v) is 6.50. The van der Waals surface area contributed by atoms with E-state index >= 15 is 0 Å². The fraction of sp³-hybridized carbons (Fsp3) is 0.0476. The Morgan fingerprint density at radius 2 is 2.10 bits per heavy atom. The molecule has 9 heteroatoms. The van der Waals surface area contributed by atoms with Gasteiger partial charge in [-0.1, -0.05) is 11.3 Å². The lowest BCUT2D eigenvalue weighted by Crippen LogP contribution is -2.30. The van der Waals surface area contributed by atoms with E-state index in [4.69, 9.17) is 0 Å². The zero-order valence-electron chi connectivity index (χ0n) is 15.2. The minimum Gasteiger partial charge on any atom is -0.503 e. The van der Waals surface area contributed by atoms with Crippen LogP contribution in [-0.4, -0.2) is 26.8 Å². The number of carbonyl (C=O) groups is 2. The number of carbonyl (C=O) groups excluding carboxylic acids is 2. The van der Waals surface area contributed by atoms with Crippen LogP contribution >= 0.6 is 22.7 Å². The van der Waals surface area contributed by atoms with Crippen LogP contribution in [0, 0.1) is 5.82 Å². The molecule has 1 N–H and O–H groups in total. The molecular weight excluding hydrogens is 425 g/mol. The van der Waals surface area contributed by atoms with Crippen molar-refractivity contribution >= 4 is 49.7 Å². The quantitative estimate of drug-likeness (QED) is 0.469. The normalized spacial score (nSPS) is 16.6. The molecule has 0 fully saturated rings. The highest BCUT2D eigenvalue weighted by molar-refractivity contribution is 7.22. The number of thiophene rings is 1. The van der Waals surface area contributed by atoms with E-state index in [1.54, 1.807) is 18.2 Å². The Hall–Kier alpha value is -3.43. The molecule has 1 aliphatic rings. The number of ketones is 1. The van der Waals surface area contributed by atoms with Gasteiger partial charge in [-0.3, -0.25) is 19.5 Å². The van der Waals surface area contributed by atoms with E-state index in [1.807, 2.05) is 10.8 Å². The highest BCUT2D eigenvalue weighted by Crippen LogP contribution is 2.44. The number of benzene rings is 1. The highest BCUT2D eigenvalue weighted by Gasteiger charge is 2.46. The van der Waals surface area contributed by atoms with Gasteiger partial charge in [0, 0.05) is 18.0 Å². The number of hydrogen-bond donors (Lipinski definition) is 1. The molecule has 1 aromatic carbocycles. The zero-order chi connectivity index (χ0) is 20.8. The van der Waals surface area contributed by atoms with E-state index in [1.165, 1.54) is 46.8 Å². The number of fused-ring (bicyclic) bond motifs is 1. The number of aliphatic hydroxyl groups excluding tert-OH is 1. The van der Waals surface area contributed by atoms with Crippen LogP contribution < -0.4 is 4.90 Å². The van der Waals surface area contributed by atoms with Gasteiger partial charge in [-0.2, -0.15) is 11.3 Å². The summed E-state index contributed by atoms with van der Waals surface area (Å²) in [7, 11) is 0. The highest BCUT2D eigenvalue weighted by atomic mass is 32.1. The second-order valence-corrected chi connectivity index (χ2v) is 8.37. The summed E-state index contributed by atoms with van der Waals surface area (Å²) in [6.07, 6.45) is 2.93. The van der Waals surface area contributed by atoms with Crippen LogP contribution in [0.3, 0.4) is 0 Å². The number of aliphatic hydroxyl groups is 1. The Balaban J connectivity index is 1.66. The molecule has 4 aromatic rings. The zero-order valence-corrected chi connectivity index (χ0v) is 16.8. The van der Waals surface area contributed by atoms with Crippen molar-refractivity contribution in [3.8, 4) is 0 Å². The second-order valence-electron chi connectivity index (χ2n) is 6.58. The van der Waals surface area contributed by atoms with Crippen molar-refractivity contribution in [3.05, 3.63) is 87.8 Å². The van der Waals surface area contributed by atoms with Gasteiger partial charge in [0.15, 0.2) is 16.7 Å². The maximum atomic E-state index is 13.6. The molecule has 0 saturated carbocycles. The summed E-state index contributed by atoms with van der Waals surface area (Å²) in [5.41, 5.74) is 1.44. The number of Topliss-reactive ketones (excluding diaryl/α,β-unsaturated/α-hetero) is 1. The summed E-state index contributed by atoms with van der Waals surface area (Å²) in [4.78, 5) is 35.9. The molecule has 1 atom stereocenters. The second kappa shape index (κ2) is 7.12. The summed E-state index contributed by atoms with van der Waals surface area (Å²) >= 11 is 2.53. The summed E-state index contributed by atoms with van der Waals surface area (Å²) in [5.74, 6) is -2.24. The number of amides is 1. The Labute approximate surface area is 177 Å².